The summed E-state index contributed by atoms with van der Waals surface area (Å²) in [7, 11) is 1.81. The first kappa shape index (κ1) is 25.1. The number of carbonyl (C=O) groups excluding carboxylic acids is 1. The highest BCUT2D eigenvalue weighted by atomic mass is 127. The normalized spacial score (nSPS) is 15.8. The van der Waals surface area contributed by atoms with Crippen molar-refractivity contribution >= 4 is 41.5 Å². The van der Waals surface area contributed by atoms with Crippen LogP contribution in [0.1, 0.15) is 31.5 Å². The number of amides is 1. The van der Waals surface area contributed by atoms with Crippen molar-refractivity contribution in [2.24, 2.45) is 10.9 Å². The van der Waals surface area contributed by atoms with E-state index in [4.69, 9.17) is 4.52 Å². The number of piperazine rings is 1. The number of aromatic nitrogens is 1. The zero-order chi connectivity index (χ0) is 21.3. The molecule has 2 aromatic rings. The number of nitrogens with zero attached hydrogens (tertiary/aromatic N) is 4. The monoisotopic (exact) mass is 540 g/mol. The van der Waals surface area contributed by atoms with Crippen LogP contribution < -0.4 is 10.6 Å². The molecule has 1 saturated heterocycles. The number of hydrogen-bond donors (Lipinski definition) is 2. The molecule has 0 spiro atoms. The fourth-order valence-electron chi connectivity index (χ4n) is 3.39. The first-order chi connectivity index (χ1) is 14.6. The van der Waals surface area contributed by atoms with Crippen LogP contribution in [0.15, 0.2) is 46.1 Å². The molecule has 31 heavy (non-hydrogen) atoms. The molecule has 1 atom stereocenters. The van der Waals surface area contributed by atoms with Gasteiger partial charge in [-0.1, -0.05) is 31.1 Å². The minimum atomic E-state index is 0. The van der Waals surface area contributed by atoms with E-state index in [2.05, 4.69) is 36.6 Å². The smallest absolute Gasteiger partial charge is 0.227 e. The fourth-order valence-corrected chi connectivity index (χ4v) is 3.39. The largest absolute Gasteiger partial charge is 0.364 e. The lowest BCUT2D eigenvalue weighted by Gasteiger charge is -2.36. The Balaban J connectivity index is 0.00000341. The molecule has 0 saturated carbocycles. The van der Waals surface area contributed by atoms with Crippen molar-refractivity contribution in [2.45, 2.75) is 33.4 Å². The second-order valence-corrected chi connectivity index (χ2v) is 7.65. The Morgan fingerprint density at radius 1 is 1.26 bits per heavy atom. The minimum Gasteiger partial charge on any atom is -0.364 e. The van der Waals surface area contributed by atoms with Gasteiger partial charge in [-0.15, -0.1) is 24.0 Å². The molecule has 1 unspecified atom stereocenters. The van der Waals surface area contributed by atoms with Crippen molar-refractivity contribution < 1.29 is 9.32 Å². The van der Waals surface area contributed by atoms with Crippen molar-refractivity contribution in [3.8, 4) is 0 Å². The topological polar surface area (TPSA) is 86.0 Å². The van der Waals surface area contributed by atoms with E-state index >= 15 is 0 Å². The Morgan fingerprint density at radius 3 is 2.68 bits per heavy atom. The third-order valence-corrected chi connectivity index (χ3v) is 5.47. The van der Waals surface area contributed by atoms with Crippen LogP contribution in [-0.4, -0.2) is 60.0 Å². The third-order valence-electron chi connectivity index (χ3n) is 5.47. The van der Waals surface area contributed by atoms with E-state index in [-0.39, 0.29) is 35.8 Å². The summed E-state index contributed by atoms with van der Waals surface area (Å²) in [6.45, 7) is 9.13. The van der Waals surface area contributed by atoms with Gasteiger partial charge in [0.1, 0.15) is 6.26 Å². The standard InChI is InChI=1S/C22H32N6O2.HI/c1-4-17(2)21(29)25-19-7-5-6-18(14-19)15-24-22(23-3)28-11-9-27(10-12-28)16-20-8-13-30-26-20;/h5-8,13-14,17H,4,9-12,15-16H2,1-3H3,(H,23,24)(H,25,29);1H. The predicted octanol–water partition coefficient (Wildman–Crippen LogP) is 3.17. The Morgan fingerprint density at radius 2 is 2.03 bits per heavy atom. The molecular weight excluding hydrogens is 507 g/mol. The molecular formula is C22H33IN6O2. The highest BCUT2D eigenvalue weighted by molar-refractivity contribution is 14.0. The summed E-state index contributed by atoms with van der Waals surface area (Å²) in [5.41, 5.74) is 2.89. The molecule has 0 aliphatic carbocycles. The molecule has 8 nitrogen and oxygen atoms in total. The Labute approximate surface area is 201 Å². The van der Waals surface area contributed by atoms with E-state index in [1.807, 2.05) is 45.2 Å². The lowest BCUT2D eigenvalue weighted by atomic mass is 10.1. The van der Waals surface area contributed by atoms with Crippen LogP contribution >= 0.6 is 24.0 Å². The molecule has 1 aromatic heterocycles. The Kier molecular flexibility index (Phi) is 10.3. The van der Waals surface area contributed by atoms with Crippen LogP contribution in [0.2, 0.25) is 0 Å². The molecule has 1 aliphatic rings. The summed E-state index contributed by atoms with van der Waals surface area (Å²) in [4.78, 5) is 21.2. The number of carbonyl (C=O) groups is 1. The summed E-state index contributed by atoms with van der Waals surface area (Å²) >= 11 is 0. The summed E-state index contributed by atoms with van der Waals surface area (Å²) in [5, 5.41) is 10.4. The van der Waals surface area contributed by atoms with Gasteiger partial charge in [-0.3, -0.25) is 14.7 Å². The second kappa shape index (κ2) is 12.7. The highest BCUT2D eigenvalue weighted by Gasteiger charge is 2.20. The Hall–Kier alpha value is -2.14. The first-order valence-corrected chi connectivity index (χ1v) is 10.6. The minimum absolute atomic E-state index is 0. The lowest BCUT2D eigenvalue weighted by Crippen LogP contribution is -2.52. The maximum atomic E-state index is 12.1. The van der Waals surface area contributed by atoms with Gasteiger partial charge in [0.05, 0.1) is 5.69 Å². The molecule has 2 heterocycles. The number of nitrogens with one attached hydrogen (secondary N) is 2. The molecule has 2 N–H and O–H groups in total. The van der Waals surface area contributed by atoms with Gasteiger partial charge in [0.15, 0.2) is 5.96 Å². The average molecular weight is 540 g/mol. The lowest BCUT2D eigenvalue weighted by molar-refractivity contribution is -0.119. The molecule has 0 radical (unpaired) electrons. The number of rotatable bonds is 7. The van der Waals surface area contributed by atoms with Gasteiger partial charge in [-0.05, 0) is 24.1 Å². The maximum absolute atomic E-state index is 12.1. The van der Waals surface area contributed by atoms with E-state index in [0.717, 1.165) is 62.0 Å². The van der Waals surface area contributed by atoms with Gasteiger partial charge in [-0.25, -0.2) is 0 Å². The van der Waals surface area contributed by atoms with Crippen molar-refractivity contribution in [3.05, 3.63) is 47.9 Å². The molecule has 170 valence electrons. The zero-order valence-corrected chi connectivity index (χ0v) is 20.8. The number of aliphatic imine (C=N–C) groups is 1. The van der Waals surface area contributed by atoms with Crippen LogP contribution in [0.5, 0.6) is 0 Å². The Bertz CT molecular complexity index is 834. The number of benzene rings is 1. The van der Waals surface area contributed by atoms with Crippen molar-refractivity contribution in [1.82, 2.24) is 20.3 Å². The summed E-state index contributed by atoms with van der Waals surface area (Å²) in [6, 6.07) is 9.86. The van der Waals surface area contributed by atoms with Gasteiger partial charge in [-0.2, -0.15) is 0 Å². The number of halogens is 1. The van der Waals surface area contributed by atoms with Crippen LogP contribution in [0.4, 0.5) is 5.69 Å². The van der Waals surface area contributed by atoms with Crippen molar-refractivity contribution in [1.29, 1.82) is 0 Å². The van der Waals surface area contributed by atoms with Gasteiger partial charge in [0.25, 0.3) is 0 Å². The third kappa shape index (κ3) is 7.49. The SMILES string of the molecule is CCC(C)C(=O)Nc1cccc(CNC(=NC)N2CCN(Cc3ccon3)CC2)c1.I. The fraction of sp³-hybridized carbons (Fsp3) is 0.500. The summed E-state index contributed by atoms with van der Waals surface area (Å²) in [5.74, 6) is 0.959. The molecule has 1 amide bonds. The predicted molar refractivity (Wildman–Crippen MR) is 133 cm³/mol. The van der Waals surface area contributed by atoms with E-state index in [9.17, 15) is 4.79 Å². The van der Waals surface area contributed by atoms with Crippen molar-refractivity contribution in [2.75, 3.05) is 38.5 Å². The molecule has 0 bridgehead atoms. The number of guanidine groups is 1. The van der Waals surface area contributed by atoms with Crippen LogP contribution in [0.3, 0.4) is 0 Å². The second-order valence-electron chi connectivity index (χ2n) is 7.65. The van der Waals surface area contributed by atoms with Crippen molar-refractivity contribution in [3.63, 3.8) is 0 Å². The number of anilines is 1. The van der Waals surface area contributed by atoms with E-state index < -0.39 is 0 Å². The van der Waals surface area contributed by atoms with Gasteiger partial charge >= 0.3 is 0 Å². The number of hydrogen-bond acceptors (Lipinski definition) is 5. The average Bonchev–Trinajstić information content (AvgIpc) is 3.28. The van der Waals surface area contributed by atoms with Gasteiger partial charge in [0.2, 0.25) is 5.91 Å². The van der Waals surface area contributed by atoms with Crippen LogP contribution in [0, 0.1) is 5.92 Å². The molecule has 3 rings (SSSR count). The first-order valence-electron chi connectivity index (χ1n) is 10.6. The van der Waals surface area contributed by atoms with Crippen LogP contribution in [-0.2, 0) is 17.9 Å². The van der Waals surface area contributed by atoms with Gasteiger partial charge < -0.3 is 20.1 Å². The zero-order valence-electron chi connectivity index (χ0n) is 18.5. The molecule has 1 aromatic carbocycles. The summed E-state index contributed by atoms with van der Waals surface area (Å²) in [6.07, 6.45) is 2.44. The van der Waals surface area contributed by atoms with E-state index in [0.29, 0.717) is 6.54 Å². The van der Waals surface area contributed by atoms with E-state index in [1.165, 1.54) is 0 Å². The summed E-state index contributed by atoms with van der Waals surface area (Å²) < 4.78 is 4.91. The molecule has 9 heteroatoms. The molecule has 1 fully saturated rings. The molecule has 1 aliphatic heterocycles. The van der Waals surface area contributed by atoms with Gasteiger partial charge in [0, 0.05) is 64.0 Å². The quantitative estimate of drug-likeness (QED) is 0.319. The van der Waals surface area contributed by atoms with Crippen LogP contribution in [0.25, 0.3) is 0 Å². The highest BCUT2D eigenvalue weighted by Crippen LogP contribution is 2.13. The maximum Gasteiger partial charge on any atom is 0.227 e. The van der Waals surface area contributed by atoms with E-state index in [1.54, 1.807) is 6.26 Å².